The van der Waals surface area contributed by atoms with E-state index in [-0.39, 0.29) is 23.9 Å². The van der Waals surface area contributed by atoms with Crippen molar-refractivity contribution in [2.24, 2.45) is 11.7 Å². The van der Waals surface area contributed by atoms with Crippen molar-refractivity contribution >= 4 is 12.0 Å². The quantitative estimate of drug-likeness (QED) is 0.795. The summed E-state index contributed by atoms with van der Waals surface area (Å²) in [7, 11) is 3.50. The molecule has 0 aliphatic heterocycles. The Kier molecular flexibility index (Phi) is 5.39. The molecule has 0 aromatic heterocycles. The molecule has 1 fully saturated rings. The van der Waals surface area contributed by atoms with Crippen LogP contribution in [0.5, 0.6) is 0 Å². The van der Waals surface area contributed by atoms with Crippen molar-refractivity contribution in [3.05, 3.63) is 0 Å². The first-order chi connectivity index (χ1) is 9.10. The fraction of sp³-hybridized carbons (Fsp3) is 0.857. The summed E-state index contributed by atoms with van der Waals surface area (Å²) in [5.41, 5.74) is 5.56. The first kappa shape index (κ1) is 16.8. The van der Waals surface area contributed by atoms with Crippen molar-refractivity contribution in [1.82, 2.24) is 10.2 Å². The average molecular weight is 285 g/mol. The molecule has 20 heavy (non-hydrogen) atoms. The highest BCUT2D eigenvalue weighted by Gasteiger charge is 2.34. The number of alkyl carbamates (subject to hydrolysis) is 1. The monoisotopic (exact) mass is 285 g/mol. The number of nitrogens with two attached hydrogens (primary N) is 1. The van der Waals surface area contributed by atoms with E-state index in [9.17, 15) is 9.59 Å². The molecule has 0 radical (unpaired) electrons. The summed E-state index contributed by atoms with van der Waals surface area (Å²) in [5, 5.41) is 2.80. The summed E-state index contributed by atoms with van der Waals surface area (Å²) in [6.45, 7) is 5.46. The van der Waals surface area contributed by atoms with E-state index in [4.69, 9.17) is 10.5 Å². The Hall–Kier alpha value is -1.30. The molecule has 0 spiro atoms. The second kappa shape index (κ2) is 6.43. The minimum absolute atomic E-state index is 0.0447. The van der Waals surface area contributed by atoms with Gasteiger partial charge in [0.2, 0.25) is 5.91 Å². The van der Waals surface area contributed by atoms with Gasteiger partial charge < -0.3 is 20.7 Å². The maximum atomic E-state index is 11.9. The molecule has 0 aromatic rings. The zero-order chi connectivity index (χ0) is 15.5. The summed E-state index contributed by atoms with van der Waals surface area (Å²) >= 11 is 0. The second-order valence-corrected chi connectivity index (χ2v) is 6.66. The van der Waals surface area contributed by atoms with Gasteiger partial charge in [0.05, 0.1) is 0 Å². The molecule has 1 aliphatic rings. The maximum absolute atomic E-state index is 11.9. The van der Waals surface area contributed by atoms with Crippen molar-refractivity contribution in [3.8, 4) is 0 Å². The Morgan fingerprint density at radius 1 is 1.25 bits per heavy atom. The van der Waals surface area contributed by atoms with Gasteiger partial charge in [-0.05, 0) is 40.0 Å². The first-order valence-corrected chi connectivity index (χ1v) is 7.06. The van der Waals surface area contributed by atoms with E-state index in [1.807, 2.05) is 20.8 Å². The highest BCUT2D eigenvalue weighted by atomic mass is 16.6. The third-order valence-electron chi connectivity index (χ3n) is 3.39. The van der Waals surface area contributed by atoms with Crippen LogP contribution in [0.15, 0.2) is 0 Å². The van der Waals surface area contributed by atoms with Crippen LogP contribution in [0.2, 0.25) is 0 Å². The van der Waals surface area contributed by atoms with Gasteiger partial charge in [-0.2, -0.15) is 0 Å². The van der Waals surface area contributed by atoms with Crippen LogP contribution in [0.25, 0.3) is 0 Å². The SMILES string of the molecule is CN(C)C(=O)[C@@H]1CC[C@@H](NC(=O)OC(C)(C)C)[C@@H](N)C1. The summed E-state index contributed by atoms with van der Waals surface area (Å²) in [4.78, 5) is 25.2. The van der Waals surface area contributed by atoms with Crippen molar-refractivity contribution in [2.75, 3.05) is 14.1 Å². The third kappa shape index (κ3) is 5.00. The molecule has 1 aliphatic carbocycles. The second-order valence-electron chi connectivity index (χ2n) is 6.66. The zero-order valence-electron chi connectivity index (χ0n) is 13.1. The first-order valence-electron chi connectivity index (χ1n) is 7.06. The lowest BCUT2D eigenvalue weighted by Crippen LogP contribution is -2.53. The normalized spacial score (nSPS) is 26.8. The fourth-order valence-electron chi connectivity index (χ4n) is 2.43. The smallest absolute Gasteiger partial charge is 0.407 e. The van der Waals surface area contributed by atoms with E-state index >= 15 is 0 Å². The topological polar surface area (TPSA) is 84.7 Å². The maximum Gasteiger partial charge on any atom is 0.407 e. The van der Waals surface area contributed by atoms with Gasteiger partial charge in [-0.1, -0.05) is 0 Å². The standard InChI is InChI=1S/C14H27N3O3/c1-14(2,3)20-13(19)16-11-7-6-9(8-10(11)15)12(18)17(4)5/h9-11H,6-8,15H2,1-5H3,(H,16,19)/t9-,10+,11-/m1/s1. The van der Waals surface area contributed by atoms with Crippen LogP contribution in [-0.2, 0) is 9.53 Å². The van der Waals surface area contributed by atoms with Gasteiger partial charge in [0.15, 0.2) is 0 Å². The molecule has 1 saturated carbocycles. The molecule has 6 heteroatoms. The molecule has 3 atom stereocenters. The predicted molar refractivity (Wildman–Crippen MR) is 77.2 cm³/mol. The Morgan fingerprint density at radius 2 is 1.85 bits per heavy atom. The Labute approximate surface area is 121 Å². The summed E-state index contributed by atoms with van der Waals surface area (Å²) in [5.74, 6) is 0.0628. The average Bonchev–Trinajstić information content (AvgIpc) is 2.28. The summed E-state index contributed by atoms with van der Waals surface area (Å²) in [6.07, 6.45) is 1.59. The van der Waals surface area contributed by atoms with Gasteiger partial charge in [0.25, 0.3) is 0 Å². The molecule has 0 aromatic carbocycles. The van der Waals surface area contributed by atoms with Crippen LogP contribution in [0.1, 0.15) is 40.0 Å². The van der Waals surface area contributed by atoms with Crippen molar-refractivity contribution < 1.29 is 14.3 Å². The van der Waals surface area contributed by atoms with E-state index in [1.54, 1.807) is 19.0 Å². The van der Waals surface area contributed by atoms with E-state index in [1.165, 1.54) is 0 Å². The van der Waals surface area contributed by atoms with E-state index in [2.05, 4.69) is 5.32 Å². The van der Waals surface area contributed by atoms with Crippen LogP contribution >= 0.6 is 0 Å². The van der Waals surface area contributed by atoms with Crippen LogP contribution in [0.4, 0.5) is 4.79 Å². The molecule has 0 bridgehead atoms. The molecule has 0 heterocycles. The lowest BCUT2D eigenvalue weighted by Gasteiger charge is -2.35. The number of ether oxygens (including phenoxy) is 1. The van der Waals surface area contributed by atoms with Gasteiger partial charge in [0.1, 0.15) is 5.60 Å². The molecule has 1 rings (SSSR count). The largest absolute Gasteiger partial charge is 0.444 e. The Balaban J connectivity index is 2.49. The number of nitrogens with one attached hydrogen (secondary N) is 1. The van der Waals surface area contributed by atoms with Gasteiger partial charge in [0, 0.05) is 32.1 Å². The number of hydrogen-bond acceptors (Lipinski definition) is 4. The van der Waals surface area contributed by atoms with Gasteiger partial charge >= 0.3 is 6.09 Å². The zero-order valence-corrected chi connectivity index (χ0v) is 13.1. The van der Waals surface area contributed by atoms with Gasteiger partial charge in [-0.15, -0.1) is 0 Å². The number of nitrogens with zero attached hydrogens (tertiary/aromatic N) is 1. The highest BCUT2D eigenvalue weighted by Crippen LogP contribution is 2.25. The number of carbonyl (C=O) groups excluding carboxylic acids is 2. The number of hydrogen-bond donors (Lipinski definition) is 2. The highest BCUT2D eigenvalue weighted by molar-refractivity contribution is 5.78. The molecule has 6 nitrogen and oxygen atoms in total. The molecule has 0 saturated heterocycles. The summed E-state index contributed by atoms with van der Waals surface area (Å²) < 4.78 is 5.22. The Morgan fingerprint density at radius 3 is 2.30 bits per heavy atom. The molecule has 0 unspecified atom stereocenters. The van der Waals surface area contributed by atoms with Gasteiger partial charge in [-0.3, -0.25) is 4.79 Å². The van der Waals surface area contributed by atoms with Crippen molar-refractivity contribution in [3.63, 3.8) is 0 Å². The van der Waals surface area contributed by atoms with E-state index < -0.39 is 11.7 Å². The molecule has 116 valence electrons. The van der Waals surface area contributed by atoms with E-state index in [0.29, 0.717) is 12.8 Å². The van der Waals surface area contributed by atoms with Crippen LogP contribution in [0.3, 0.4) is 0 Å². The minimum Gasteiger partial charge on any atom is -0.444 e. The third-order valence-corrected chi connectivity index (χ3v) is 3.39. The Bertz CT molecular complexity index is 363. The number of carbonyl (C=O) groups is 2. The molecular weight excluding hydrogens is 258 g/mol. The van der Waals surface area contributed by atoms with Crippen LogP contribution < -0.4 is 11.1 Å². The van der Waals surface area contributed by atoms with Crippen LogP contribution in [-0.4, -0.2) is 48.7 Å². The minimum atomic E-state index is -0.522. The molecular formula is C14H27N3O3. The fourth-order valence-corrected chi connectivity index (χ4v) is 2.43. The van der Waals surface area contributed by atoms with Gasteiger partial charge in [-0.25, -0.2) is 4.79 Å². The predicted octanol–water partition coefficient (Wildman–Crippen LogP) is 1.10. The van der Waals surface area contributed by atoms with Crippen molar-refractivity contribution in [2.45, 2.75) is 57.7 Å². The summed E-state index contributed by atoms with van der Waals surface area (Å²) in [6, 6.07) is -0.346. The van der Waals surface area contributed by atoms with E-state index in [0.717, 1.165) is 6.42 Å². The molecule has 2 amide bonds. The number of rotatable bonds is 2. The van der Waals surface area contributed by atoms with Crippen molar-refractivity contribution in [1.29, 1.82) is 0 Å². The number of amides is 2. The lowest BCUT2D eigenvalue weighted by molar-refractivity contribution is -0.134. The van der Waals surface area contributed by atoms with Crippen LogP contribution in [0, 0.1) is 5.92 Å². The lowest BCUT2D eigenvalue weighted by atomic mass is 9.82. The molecule has 3 N–H and O–H groups in total.